The topological polar surface area (TPSA) is 111 Å². The van der Waals surface area contributed by atoms with Crippen LogP contribution in [0.4, 0.5) is 14.6 Å². The quantitative estimate of drug-likeness (QED) is 0.461. The van der Waals surface area contributed by atoms with Crippen LogP contribution in [0.25, 0.3) is 16.6 Å². The molecule has 0 bridgehead atoms. The second-order valence-corrected chi connectivity index (χ2v) is 7.71. The Morgan fingerprint density at radius 2 is 1.97 bits per heavy atom. The van der Waals surface area contributed by atoms with Crippen molar-refractivity contribution in [3.05, 3.63) is 59.5 Å². The maximum atomic E-state index is 12.9. The van der Waals surface area contributed by atoms with Gasteiger partial charge in [0.15, 0.2) is 5.82 Å². The summed E-state index contributed by atoms with van der Waals surface area (Å²) in [5, 5.41) is 20.2. The van der Waals surface area contributed by atoms with E-state index in [2.05, 4.69) is 30.8 Å². The van der Waals surface area contributed by atoms with Crippen molar-refractivity contribution in [1.29, 1.82) is 0 Å². The molecule has 4 heterocycles. The Morgan fingerprint density at radius 3 is 2.74 bits per heavy atom. The van der Waals surface area contributed by atoms with Gasteiger partial charge in [-0.3, -0.25) is 9.78 Å². The normalized spacial score (nSPS) is 14.0. The van der Waals surface area contributed by atoms with Crippen molar-refractivity contribution in [2.45, 2.75) is 20.0 Å². The number of halogens is 2. The SMILES string of the molecule is Cc1nnn(-c2ccc(C(F)F)cc2)c1COc1nnc(N2CCNC(=O)C2)c2ncccc12. The van der Waals surface area contributed by atoms with Crippen LogP contribution in [0, 0.1) is 6.92 Å². The minimum atomic E-state index is -2.54. The number of hydrogen-bond acceptors (Lipinski definition) is 8. The van der Waals surface area contributed by atoms with Crippen LogP contribution in [0.2, 0.25) is 0 Å². The molecule has 10 nitrogen and oxygen atoms in total. The average molecular weight is 466 g/mol. The zero-order valence-electron chi connectivity index (χ0n) is 18.2. The summed E-state index contributed by atoms with van der Waals surface area (Å²) < 4.78 is 33.3. The summed E-state index contributed by atoms with van der Waals surface area (Å²) in [4.78, 5) is 18.1. The van der Waals surface area contributed by atoms with Gasteiger partial charge >= 0.3 is 0 Å². The van der Waals surface area contributed by atoms with Crippen LogP contribution in [0.15, 0.2) is 42.6 Å². The summed E-state index contributed by atoms with van der Waals surface area (Å²) in [6.45, 7) is 3.14. The van der Waals surface area contributed by atoms with Crippen LogP contribution in [0.1, 0.15) is 23.4 Å². The van der Waals surface area contributed by atoms with Crippen LogP contribution in [0.3, 0.4) is 0 Å². The molecule has 3 aromatic heterocycles. The van der Waals surface area contributed by atoms with Crippen LogP contribution in [0.5, 0.6) is 5.88 Å². The summed E-state index contributed by atoms with van der Waals surface area (Å²) in [5.41, 5.74) is 2.36. The van der Waals surface area contributed by atoms with Gasteiger partial charge in [-0.25, -0.2) is 13.5 Å². The van der Waals surface area contributed by atoms with Crippen LogP contribution in [-0.2, 0) is 11.4 Å². The number of carbonyl (C=O) groups is 1. The number of benzene rings is 1. The van der Waals surface area contributed by atoms with E-state index in [9.17, 15) is 13.6 Å². The van der Waals surface area contributed by atoms with Crippen LogP contribution < -0.4 is 15.0 Å². The molecular weight excluding hydrogens is 446 g/mol. The number of amides is 1. The van der Waals surface area contributed by atoms with Gasteiger partial charge in [-0.2, -0.15) is 0 Å². The Morgan fingerprint density at radius 1 is 1.15 bits per heavy atom. The number of carbonyl (C=O) groups excluding carboxylic acids is 1. The molecule has 174 valence electrons. The maximum absolute atomic E-state index is 12.9. The molecule has 0 unspecified atom stereocenters. The lowest BCUT2D eigenvalue weighted by Crippen LogP contribution is -2.48. The minimum absolute atomic E-state index is 0.0690. The van der Waals surface area contributed by atoms with E-state index < -0.39 is 6.43 Å². The number of aromatic nitrogens is 6. The third-order valence-electron chi connectivity index (χ3n) is 5.52. The number of hydrogen-bond donors (Lipinski definition) is 1. The first-order valence-corrected chi connectivity index (χ1v) is 10.6. The number of nitrogens with zero attached hydrogens (tertiary/aromatic N) is 7. The van der Waals surface area contributed by atoms with Crippen LogP contribution in [-0.4, -0.2) is 55.7 Å². The molecule has 0 radical (unpaired) electrons. The standard InChI is InChI=1S/C22H20F2N8O2/c1-13-17(32(30-27-13)15-6-4-14(5-7-15)20(23)24)12-34-22-16-3-2-8-26-19(16)21(28-29-22)31-10-9-25-18(33)11-31/h2-8,20H,9-12H2,1H3,(H,25,33). The molecule has 34 heavy (non-hydrogen) atoms. The Balaban J connectivity index is 1.43. The van der Waals surface area contributed by atoms with E-state index >= 15 is 0 Å². The summed E-state index contributed by atoms with van der Waals surface area (Å²) in [5.74, 6) is 0.698. The summed E-state index contributed by atoms with van der Waals surface area (Å²) >= 11 is 0. The minimum Gasteiger partial charge on any atom is -0.470 e. The summed E-state index contributed by atoms with van der Waals surface area (Å²) in [6.07, 6.45) is -0.898. The van der Waals surface area contributed by atoms with E-state index in [1.807, 2.05) is 11.0 Å². The highest BCUT2D eigenvalue weighted by Crippen LogP contribution is 2.29. The largest absolute Gasteiger partial charge is 0.470 e. The molecule has 1 saturated heterocycles. The van der Waals surface area contributed by atoms with Gasteiger partial charge in [-0.05, 0) is 31.2 Å². The molecular formula is C22H20F2N8O2. The van der Waals surface area contributed by atoms with E-state index in [4.69, 9.17) is 4.74 Å². The second kappa shape index (κ2) is 8.96. The lowest BCUT2D eigenvalue weighted by Gasteiger charge is -2.27. The first-order valence-electron chi connectivity index (χ1n) is 10.6. The molecule has 1 N–H and O–H groups in total. The molecule has 5 rings (SSSR count). The van der Waals surface area contributed by atoms with Gasteiger partial charge in [-0.15, -0.1) is 15.3 Å². The molecule has 1 aliphatic heterocycles. The van der Waals surface area contributed by atoms with E-state index in [1.165, 1.54) is 12.1 Å². The summed E-state index contributed by atoms with van der Waals surface area (Å²) in [7, 11) is 0. The fourth-order valence-corrected chi connectivity index (χ4v) is 3.74. The number of ether oxygens (including phenoxy) is 1. The van der Waals surface area contributed by atoms with Crippen molar-refractivity contribution in [1.82, 2.24) is 35.5 Å². The van der Waals surface area contributed by atoms with E-state index in [-0.39, 0.29) is 30.5 Å². The predicted octanol–water partition coefficient (Wildman–Crippen LogP) is 2.37. The number of pyridine rings is 1. The number of nitrogens with one attached hydrogen (secondary N) is 1. The van der Waals surface area contributed by atoms with Gasteiger partial charge in [0, 0.05) is 24.8 Å². The Bertz CT molecular complexity index is 1340. The number of aryl methyl sites for hydroxylation is 1. The van der Waals surface area contributed by atoms with Gasteiger partial charge in [0.05, 0.1) is 23.3 Å². The maximum Gasteiger partial charge on any atom is 0.263 e. The molecule has 1 aromatic carbocycles. The van der Waals surface area contributed by atoms with Crippen molar-refractivity contribution in [3.8, 4) is 11.6 Å². The average Bonchev–Trinajstić information content (AvgIpc) is 3.22. The molecule has 1 fully saturated rings. The molecule has 12 heteroatoms. The molecule has 1 aliphatic rings. The van der Waals surface area contributed by atoms with Gasteiger partial charge in [0.25, 0.3) is 6.43 Å². The monoisotopic (exact) mass is 466 g/mol. The van der Waals surface area contributed by atoms with E-state index in [0.717, 1.165) is 0 Å². The van der Waals surface area contributed by atoms with Crippen molar-refractivity contribution < 1.29 is 18.3 Å². The smallest absolute Gasteiger partial charge is 0.263 e. The fraction of sp³-hybridized carbons (Fsp3) is 0.273. The zero-order chi connectivity index (χ0) is 23.7. The van der Waals surface area contributed by atoms with E-state index in [1.54, 1.807) is 36.0 Å². The van der Waals surface area contributed by atoms with Gasteiger partial charge < -0.3 is 15.0 Å². The highest BCUT2D eigenvalue weighted by molar-refractivity contribution is 5.93. The summed E-state index contributed by atoms with van der Waals surface area (Å²) in [6, 6.07) is 9.41. The fourth-order valence-electron chi connectivity index (χ4n) is 3.74. The van der Waals surface area contributed by atoms with Crippen LogP contribution >= 0.6 is 0 Å². The van der Waals surface area contributed by atoms with Gasteiger partial charge in [0.2, 0.25) is 11.8 Å². The van der Waals surface area contributed by atoms with Crippen molar-refractivity contribution in [2.75, 3.05) is 24.5 Å². The van der Waals surface area contributed by atoms with Gasteiger partial charge in [0.1, 0.15) is 17.8 Å². The Labute approximate surface area is 192 Å². The highest BCUT2D eigenvalue weighted by Gasteiger charge is 2.23. The third-order valence-corrected chi connectivity index (χ3v) is 5.52. The first kappa shape index (κ1) is 21.6. The second-order valence-electron chi connectivity index (χ2n) is 7.71. The number of rotatable bonds is 6. The van der Waals surface area contributed by atoms with Gasteiger partial charge in [-0.1, -0.05) is 17.3 Å². The van der Waals surface area contributed by atoms with E-state index in [0.29, 0.717) is 46.9 Å². The Hall–Kier alpha value is -4.22. The van der Waals surface area contributed by atoms with Crippen molar-refractivity contribution in [2.24, 2.45) is 0 Å². The number of anilines is 1. The zero-order valence-corrected chi connectivity index (χ0v) is 18.2. The molecule has 0 saturated carbocycles. The highest BCUT2D eigenvalue weighted by atomic mass is 19.3. The molecule has 1 amide bonds. The lowest BCUT2D eigenvalue weighted by molar-refractivity contribution is -0.120. The Kier molecular flexibility index (Phi) is 5.70. The number of piperazine rings is 1. The lowest BCUT2D eigenvalue weighted by atomic mass is 10.2. The molecule has 0 aliphatic carbocycles. The molecule has 0 atom stereocenters. The number of fused-ring (bicyclic) bond motifs is 1. The van der Waals surface area contributed by atoms with Crippen molar-refractivity contribution >= 4 is 22.6 Å². The predicted molar refractivity (Wildman–Crippen MR) is 118 cm³/mol. The number of alkyl halides is 2. The first-order chi connectivity index (χ1) is 16.5. The molecule has 4 aromatic rings. The van der Waals surface area contributed by atoms with Crippen molar-refractivity contribution in [3.63, 3.8) is 0 Å². The third kappa shape index (κ3) is 4.09. The molecule has 0 spiro atoms.